The van der Waals surface area contributed by atoms with Gasteiger partial charge in [0.1, 0.15) is 5.92 Å². The Kier molecular flexibility index (Phi) is 4.81. The first-order valence-corrected chi connectivity index (χ1v) is 4.29. The molecule has 0 heterocycles. The lowest BCUT2D eigenvalue weighted by Crippen LogP contribution is -2.32. The number of thiocarbonyl (C=S) groups is 1. The summed E-state index contributed by atoms with van der Waals surface area (Å²) in [5.74, 6) is -0.344. The molecule has 0 aliphatic heterocycles. The third-order valence-corrected chi connectivity index (χ3v) is 1.92. The van der Waals surface area contributed by atoms with Gasteiger partial charge in [-0.25, -0.2) is 0 Å². The van der Waals surface area contributed by atoms with Crippen molar-refractivity contribution in [2.75, 3.05) is 20.7 Å². The van der Waals surface area contributed by atoms with E-state index < -0.39 is 0 Å². The fourth-order valence-corrected chi connectivity index (χ4v) is 0.974. The van der Waals surface area contributed by atoms with Crippen molar-refractivity contribution in [1.82, 2.24) is 4.90 Å². The van der Waals surface area contributed by atoms with Crippen LogP contribution >= 0.6 is 12.2 Å². The molecule has 1 unspecified atom stereocenters. The zero-order chi connectivity index (χ0) is 9.72. The highest BCUT2D eigenvalue weighted by molar-refractivity contribution is 7.80. The third-order valence-electron chi connectivity index (χ3n) is 1.45. The first-order chi connectivity index (χ1) is 5.50. The van der Waals surface area contributed by atoms with E-state index in [4.69, 9.17) is 17.0 Å². The van der Waals surface area contributed by atoms with Crippen LogP contribution in [0.25, 0.3) is 0 Å². The Labute approximate surface area is 78.7 Å². The van der Waals surface area contributed by atoms with Crippen molar-refractivity contribution in [1.29, 1.82) is 0 Å². The van der Waals surface area contributed by atoms with Gasteiger partial charge in [-0.2, -0.15) is 0 Å². The SMILES string of the molecule is CCOC(=S)C(C)C(=O)N(C)C. The van der Waals surface area contributed by atoms with E-state index in [1.807, 2.05) is 6.92 Å². The minimum atomic E-state index is -0.324. The van der Waals surface area contributed by atoms with Gasteiger partial charge in [0.05, 0.1) is 6.61 Å². The summed E-state index contributed by atoms with van der Waals surface area (Å²) in [6.07, 6.45) is 0. The first-order valence-electron chi connectivity index (χ1n) is 3.88. The number of rotatable bonds is 3. The van der Waals surface area contributed by atoms with Crippen LogP contribution in [0.1, 0.15) is 13.8 Å². The summed E-state index contributed by atoms with van der Waals surface area (Å²) in [6, 6.07) is 0. The van der Waals surface area contributed by atoms with Crippen molar-refractivity contribution in [2.45, 2.75) is 13.8 Å². The normalized spacial score (nSPS) is 12.0. The second-order valence-corrected chi connectivity index (χ2v) is 3.11. The maximum atomic E-state index is 11.3. The maximum absolute atomic E-state index is 11.3. The highest BCUT2D eigenvalue weighted by Crippen LogP contribution is 2.04. The molecule has 70 valence electrons. The second-order valence-electron chi connectivity index (χ2n) is 2.71. The Morgan fingerprint density at radius 2 is 2.08 bits per heavy atom. The van der Waals surface area contributed by atoms with Crippen LogP contribution in [0.15, 0.2) is 0 Å². The van der Waals surface area contributed by atoms with Crippen LogP contribution in [-0.4, -0.2) is 36.6 Å². The topological polar surface area (TPSA) is 29.5 Å². The molecule has 1 amide bonds. The average Bonchev–Trinajstić information content (AvgIpc) is 2.02. The van der Waals surface area contributed by atoms with Crippen molar-refractivity contribution in [3.05, 3.63) is 0 Å². The van der Waals surface area contributed by atoms with Gasteiger partial charge < -0.3 is 9.64 Å². The van der Waals surface area contributed by atoms with Gasteiger partial charge in [-0.05, 0) is 26.1 Å². The fraction of sp³-hybridized carbons (Fsp3) is 0.750. The van der Waals surface area contributed by atoms with E-state index in [9.17, 15) is 4.79 Å². The Hall–Kier alpha value is -0.640. The van der Waals surface area contributed by atoms with E-state index in [-0.39, 0.29) is 11.8 Å². The van der Waals surface area contributed by atoms with Gasteiger partial charge in [0, 0.05) is 14.1 Å². The molecule has 0 spiro atoms. The number of ether oxygens (including phenoxy) is 1. The van der Waals surface area contributed by atoms with E-state index in [2.05, 4.69) is 0 Å². The molecule has 0 rings (SSSR count). The predicted octanol–water partition coefficient (Wildman–Crippen LogP) is 1.07. The number of amides is 1. The van der Waals surface area contributed by atoms with E-state index in [1.54, 1.807) is 21.0 Å². The molecule has 0 radical (unpaired) electrons. The van der Waals surface area contributed by atoms with E-state index >= 15 is 0 Å². The fourth-order valence-electron chi connectivity index (χ4n) is 0.755. The van der Waals surface area contributed by atoms with Crippen LogP contribution in [0.3, 0.4) is 0 Å². The average molecular weight is 189 g/mol. The largest absolute Gasteiger partial charge is 0.487 e. The summed E-state index contributed by atoms with van der Waals surface area (Å²) in [4.78, 5) is 12.8. The third kappa shape index (κ3) is 3.17. The van der Waals surface area contributed by atoms with Gasteiger partial charge in [-0.1, -0.05) is 0 Å². The van der Waals surface area contributed by atoms with Crippen LogP contribution in [0.4, 0.5) is 0 Å². The van der Waals surface area contributed by atoms with Crippen molar-refractivity contribution in [3.63, 3.8) is 0 Å². The minimum Gasteiger partial charge on any atom is -0.487 e. The standard InChI is InChI=1S/C8H15NO2S/c1-5-11-8(12)6(2)7(10)9(3)4/h6H,5H2,1-4H3. The monoisotopic (exact) mass is 189 g/mol. The molecule has 0 aromatic carbocycles. The molecular weight excluding hydrogens is 174 g/mol. The van der Waals surface area contributed by atoms with E-state index in [0.29, 0.717) is 11.7 Å². The lowest BCUT2D eigenvalue weighted by molar-refractivity contribution is -0.130. The van der Waals surface area contributed by atoms with Gasteiger partial charge in [0.15, 0.2) is 5.05 Å². The number of hydrogen-bond acceptors (Lipinski definition) is 3. The van der Waals surface area contributed by atoms with Gasteiger partial charge in [0.2, 0.25) is 5.91 Å². The lowest BCUT2D eigenvalue weighted by atomic mass is 10.2. The van der Waals surface area contributed by atoms with E-state index in [1.165, 1.54) is 4.90 Å². The lowest BCUT2D eigenvalue weighted by Gasteiger charge is -2.17. The molecule has 0 fully saturated rings. The maximum Gasteiger partial charge on any atom is 0.233 e. The summed E-state index contributed by atoms with van der Waals surface area (Å²) >= 11 is 4.90. The van der Waals surface area contributed by atoms with Crippen molar-refractivity contribution < 1.29 is 9.53 Å². The molecule has 0 bridgehead atoms. The Bertz CT molecular complexity index is 180. The van der Waals surface area contributed by atoms with Gasteiger partial charge in [-0.15, -0.1) is 0 Å². The summed E-state index contributed by atoms with van der Waals surface area (Å²) < 4.78 is 5.06. The van der Waals surface area contributed by atoms with Gasteiger partial charge in [0.25, 0.3) is 0 Å². The van der Waals surface area contributed by atoms with Crippen LogP contribution in [0, 0.1) is 5.92 Å². The molecule has 1 atom stereocenters. The Morgan fingerprint density at radius 1 is 1.58 bits per heavy atom. The van der Waals surface area contributed by atoms with Crippen molar-refractivity contribution in [3.8, 4) is 0 Å². The number of carbonyl (C=O) groups excluding carboxylic acids is 1. The molecule has 0 N–H and O–H groups in total. The van der Waals surface area contributed by atoms with Crippen LogP contribution in [-0.2, 0) is 9.53 Å². The quantitative estimate of drug-likeness (QED) is 0.622. The van der Waals surface area contributed by atoms with Crippen LogP contribution < -0.4 is 0 Å². The summed E-state index contributed by atoms with van der Waals surface area (Å²) in [5, 5.41) is 0.371. The molecule has 0 aliphatic rings. The van der Waals surface area contributed by atoms with E-state index in [0.717, 1.165) is 0 Å². The van der Waals surface area contributed by atoms with Gasteiger partial charge >= 0.3 is 0 Å². The smallest absolute Gasteiger partial charge is 0.233 e. The molecule has 0 saturated carbocycles. The number of carbonyl (C=O) groups is 1. The molecule has 0 aromatic heterocycles. The molecular formula is C8H15NO2S. The second kappa shape index (κ2) is 5.09. The zero-order valence-electron chi connectivity index (χ0n) is 7.96. The summed E-state index contributed by atoms with van der Waals surface area (Å²) in [7, 11) is 3.40. The highest BCUT2D eigenvalue weighted by Gasteiger charge is 2.20. The first kappa shape index (κ1) is 11.4. The minimum absolute atomic E-state index is 0.0200. The summed E-state index contributed by atoms with van der Waals surface area (Å²) in [6.45, 7) is 4.11. The molecule has 12 heavy (non-hydrogen) atoms. The molecule has 0 saturated heterocycles. The molecule has 4 heteroatoms. The Morgan fingerprint density at radius 3 is 2.42 bits per heavy atom. The molecule has 0 aromatic rings. The number of hydrogen-bond donors (Lipinski definition) is 0. The van der Waals surface area contributed by atoms with Gasteiger partial charge in [-0.3, -0.25) is 4.79 Å². The van der Waals surface area contributed by atoms with Crippen molar-refractivity contribution >= 4 is 23.2 Å². The summed E-state index contributed by atoms with van der Waals surface area (Å²) in [5.41, 5.74) is 0. The zero-order valence-corrected chi connectivity index (χ0v) is 8.77. The predicted molar refractivity (Wildman–Crippen MR) is 52.1 cm³/mol. The van der Waals surface area contributed by atoms with Crippen molar-refractivity contribution in [2.24, 2.45) is 5.92 Å². The highest BCUT2D eigenvalue weighted by atomic mass is 32.1. The number of nitrogens with zero attached hydrogens (tertiary/aromatic N) is 1. The Balaban J connectivity index is 4.10. The van der Waals surface area contributed by atoms with Crippen LogP contribution in [0.2, 0.25) is 0 Å². The van der Waals surface area contributed by atoms with Crippen LogP contribution in [0.5, 0.6) is 0 Å². The molecule has 0 aliphatic carbocycles. The molecule has 3 nitrogen and oxygen atoms in total.